The van der Waals surface area contributed by atoms with Gasteiger partial charge in [0.15, 0.2) is 0 Å². The normalized spacial score (nSPS) is 13.8. The lowest BCUT2D eigenvalue weighted by molar-refractivity contribution is 0.660. The van der Waals surface area contributed by atoms with Gasteiger partial charge in [0.2, 0.25) is 0 Å². The van der Waals surface area contributed by atoms with Gasteiger partial charge in [0.05, 0.1) is 0 Å². The molecule has 12 aromatic carbocycles. The molecule has 0 amide bonds. The van der Waals surface area contributed by atoms with E-state index in [1.165, 1.54) is 66.8 Å². The Bertz CT molecular complexity index is 5030. The second-order valence-electron chi connectivity index (χ2n) is 23.5. The van der Waals surface area contributed by atoms with E-state index in [9.17, 15) is 0 Å². The first-order chi connectivity index (χ1) is 40.1. The van der Waals surface area contributed by atoms with Crippen molar-refractivity contribution in [2.45, 2.75) is 38.5 Å². The third-order valence-corrected chi connectivity index (χ3v) is 18.2. The standard InChI is InChI=1S/C42H32O.C36H20O3/c1-41(2)35-11-7-5-9-29(35)31-17-13-25(21-37(31)41)27-15-19-33-34-20-16-28(24-40(34)43-39(33)23-27)26-14-18-32-30-10-6-8-12-36(30)42(3,4)38(32)22-26;1-3-13-31-25(7-1)27-11-5-9-23(35(27)38-31)21-15-17-33-29(19-21)30-20-22(16-18-34(30)37-33)24-10-6-12-28-26-8-2-4-14-32(26)39-36(24)28/h5-24H,1-4H3;1-20H. The first kappa shape index (κ1) is 46.7. The van der Waals surface area contributed by atoms with Crippen molar-refractivity contribution in [2.75, 3.05) is 0 Å². The van der Waals surface area contributed by atoms with Crippen LogP contribution in [0.5, 0.6) is 0 Å². The zero-order valence-electron chi connectivity index (χ0n) is 45.7. The van der Waals surface area contributed by atoms with E-state index in [0.29, 0.717) is 0 Å². The summed E-state index contributed by atoms with van der Waals surface area (Å²) >= 11 is 0. The second-order valence-corrected chi connectivity index (χ2v) is 23.5. The lowest BCUT2D eigenvalue weighted by Gasteiger charge is -2.22. The highest BCUT2D eigenvalue weighted by molar-refractivity contribution is 6.14. The highest BCUT2D eigenvalue weighted by Gasteiger charge is 2.36. The van der Waals surface area contributed by atoms with Gasteiger partial charge in [-0.3, -0.25) is 0 Å². The van der Waals surface area contributed by atoms with E-state index in [-0.39, 0.29) is 10.8 Å². The highest BCUT2D eigenvalue weighted by Crippen LogP contribution is 2.52. The second kappa shape index (κ2) is 17.2. The zero-order valence-corrected chi connectivity index (χ0v) is 45.7. The number of furan rings is 4. The van der Waals surface area contributed by atoms with Gasteiger partial charge in [-0.25, -0.2) is 0 Å². The van der Waals surface area contributed by atoms with Crippen LogP contribution in [0, 0.1) is 0 Å². The molecule has 0 spiro atoms. The van der Waals surface area contributed by atoms with E-state index < -0.39 is 0 Å². The molecule has 0 N–H and O–H groups in total. The minimum absolute atomic E-state index is 0.0165. The van der Waals surface area contributed by atoms with Crippen molar-refractivity contribution in [3.63, 3.8) is 0 Å². The fraction of sp³-hybridized carbons (Fsp3) is 0.0769. The monoisotopic (exact) mass is 1050 g/mol. The highest BCUT2D eigenvalue weighted by atomic mass is 16.3. The molecule has 0 aliphatic heterocycles. The lowest BCUT2D eigenvalue weighted by Crippen LogP contribution is -2.14. The van der Waals surface area contributed by atoms with E-state index in [1.54, 1.807) is 0 Å². The number of hydrogen-bond donors (Lipinski definition) is 0. The molecule has 16 aromatic rings. The Morgan fingerprint density at radius 1 is 0.207 bits per heavy atom. The molecule has 0 unspecified atom stereocenters. The van der Waals surface area contributed by atoms with Crippen LogP contribution < -0.4 is 0 Å². The van der Waals surface area contributed by atoms with Gasteiger partial charge in [0.25, 0.3) is 0 Å². The number of fused-ring (bicyclic) bond motifs is 18. The van der Waals surface area contributed by atoms with Gasteiger partial charge in [-0.05, 0) is 151 Å². The molecule has 0 atom stereocenters. The van der Waals surface area contributed by atoms with Crippen molar-refractivity contribution < 1.29 is 17.7 Å². The SMILES string of the molecule is CC1(C)c2ccccc2-c2ccc(-c3ccc4c(c3)oc3cc(-c5ccc6c(c5)C(C)(C)c5ccccc5-6)ccc34)cc21.c1ccc2c(c1)oc1c(-c3ccc4oc5ccc(-c6cccc7c6oc6ccccc67)cc5c4c3)cccc12. The summed E-state index contributed by atoms with van der Waals surface area (Å²) in [6.07, 6.45) is 0. The maximum atomic E-state index is 6.55. The Balaban J connectivity index is 0.000000131. The summed E-state index contributed by atoms with van der Waals surface area (Å²) < 4.78 is 25.5. The van der Waals surface area contributed by atoms with Gasteiger partial charge in [0, 0.05) is 65.0 Å². The Kier molecular flexibility index (Phi) is 9.79. The summed E-state index contributed by atoms with van der Waals surface area (Å²) in [5.74, 6) is 0. The molecule has 0 fully saturated rings. The summed E-state index contributed by atoms with van der Waals surface area (Å²) in [7, 11) is 0. The van der Waals surface area contributed by atoms with Crippen LogP contribution in [0.4, 0.5) is 0 Å². The third-order valence-electron chi connectivity index (χ3n) is 18.2. The van der Waals surface area contributed by atoms with Crippen LogP contribution in [-0.2, 0) is 10.8 Å². The van der Waals surface area contributed by atoms with Gasteiger partial charge in [-0.1, -0.05) is 198 Å². The molecule has 388 valence electrons. The van der Waals surface area contributed by atoms with Crippen molar-refractivity contribution in [3.05, 3.63) is 265 Å². The minimum atomic E-state index is -0.0165. The number of para-hydroxylation sites is 4. The van der Waals surface area contributed by atoms with Crippen molar-refractivity contribution in [3.8, 4) is 66.8 Å². The van der Waals surface area contributed by atoms with Gasteiger partial charge in [-0.15, -0.1) is 0 Å². The van der Waals surface area contributed by atoms with E-state index in [0.717, 1.165) is 110 Å². The third kappa shape index (κ3) is 6.85. The summed E-state index contributed by atoms with van der Waals surface area (Å²) in [5.41, 5.74) is 27.3. The average Bonchev–Trinajstić information content (AvgIpc) is 4.05. The summed E-state index contributed by atoms with van der Waals surface area (Å²) in [5, 5.41) is 8.99. The molecule has 4 heterocycles. The smallest absolute Gasteiger partial charge is 0.143 e. The molecule has 0 bridgehead atoms. The molecule has 18 rings (SSSR count). The summed E-state index contributed by atoms with van der Waals surface area (Å²) in [6, 6.07) is 86.7. The van der Waals surface area contributed by atoms with Crippen molar-refractivity contribution in [1.82, 2.24) is 0 Å². The Morgan fingerprint density at radius 3 is 1.04 bits per heavy atom. The van der Waals surface area contributed by atoms with Gasteiger partial charge < -0.3 is 17.7 Å². The van der Waals surface area contributed by atoms with Crippen LogP contribution in [0.25, 0.3) is 155 Å². The Labute approximate surface area is 473 Å². The quantitative estimate of drug-likeness (QED) is 0.176. The molecular weight excluding hydrogens is 1000 g/mol. The van der Waals surface area contributed by atoms with Crippen molar-refractivity contribution in [2.24, 2.45) is 0 Å². The molecule has 2 aliphatic rings. The summed E-state index contributed by atoms with van der Waals surface area (Å²) in [4.78, 5) is 0. The molecule has 82 heavy (non-hydrogen) atoms. The zero-order chi connectivity index (χ0) is 54.6. The first-order valence-corrected chi connectivity index (χ1v) is 28.4. The van der Waals surface area contributed by atoms with Crippen LogP contribution in [0.1, 0.15) is 49.9 Å². The van der Waals surface area contributed by atoms with Crippen molar-refractivity contribution >= 4 is 87.8 Å². The van der Waals surface area contributed by atoms with E-state index in [1.807, 2.05) is 24.3 Å². The molecule has 4 nitrogen and oxygen atoms in total. The molecule has 0 saturated heterocycles. The molecule has 0 radical (unpaired) electrons. The maximum Gasteiger partial charge on any atom is 0.143 e. The van der Waals surface area contributed by atoms with Crippen LogP contribution in [0.3, 0.4) is 0 Å². The number of hydrogen-bond acceptors (Lipinski definition) is 4. The molecular formula is C78H52O4. The molecule has 0 saturated carbocycles. The predicted molar refractivity (Wildman–Crippen MR) is 339 cm³/mol. The topological polar surface area (TPSA) is 52.6 Å². The Morgan fingerprint density at radius 2 is 0.549 bits per heavy atom. The van der Waals surface area contributed by atoms with Crippen LogP contribution in [-0.4, -0.2) is 0 Å². The van der Waals surface area contributed by atoms with Gasteiger partial charge in [-0.2, -0.15) is 0 Å². The number of rotatable bonds is 4. The molecule has 4 aromatic heterocycles. The lowest BCUT2D eigenvalue weighted by atomic mass is 9.81. The van der Waals surface area contributed by atoms with Gasteiger partial charge in [0.1, 0.15) is 44.7 Å². The molecule has 2 aliphatic carbocycles. The van der Waals surface area contributed by atoms with Gasteiger partial charge >= 0.3 is 0 Å². The maximum absolute atomic E-state index is 6.55. The van der Waals surface area contributed by atoms with Crippen LogP contribution >= 0.6 is 0 Å². The Hall–Kier alpha value is -10.2. The summed E-state index contributed by atoms with van der Waals surface area (Å²) in [6.45, 7) is 9.34. The number of benzene rings is 12. The van der Waals surface area contributed by atoms with E-state index in [4.69, 9.17) is 17.7 Å². The fourth-order valence-electron chi connectivity index (χ4n) is 14.0. The van der Waals surface area contributed by atoms with E-state index >= 15 is 0 Å². The minimum Gasteiger partial charge on any atom is -0.456 e. The average molecular weight is 1050 g/mol. The van der Waals surface area contributed by atoms with Crippen LogP contribution in [0.15, 0.2) is 260 Å². The van der Waals surface area contributed by atoms with Crippen molar-refractivity contribution in [1.29, 1.82) is 0 Å². The largest absolute Gasteiger partial charge is 0.456 e. The fourth-order valence-corrected chi connectivity index (χ4v) is 14.0. The van der Waals surface area contributed by atoms with E-state index in [2.05, 4.69) is 246 Å². The van der Waals surface area contributed by atoms with Crippen LogP contribution in [0.2, 0.25) is 0 Å². The molecule has 4 heteroatoms. The first-order valence-electron chi connectivity index (χ1n) is 28.4. The predicted octanol–water partition coefficient (Wildman–Crippen LogP) is 22.3.